The molecule has 4 nitrogen and oxygen atoms in total. The van der Waals surface area contributed by atoms with E-state index in [1.165, 1.54) is 6.92 Å². The van der Waals surface area contributed by atoms with Gasteiger partial charge in [0.05, 0.1) is 6.10 Å². The quantitative estimate of drug-likeness (QED) is 0.738. The molecular weight excluding hydrogens is 324 g/mol. The van der Waals surface area contributed by atoms with Crippen molar-refractivity contribution >= 4 is 23.2 Å². The fourth-order valence-electron chi connectivity index (χ4n) is 2.62. The van der Waals surface area contributed by atoms with Crippen molar-refractivity contribution in [3.05, 3.63) is 64.7 Å². The SMILES string of the molecule is CC(=O)Nc1cccc(C(C)NC(C)C(O)c2ccc(Cl)cc2)c1. The first-order valence-corrected chi connectivity index (χ1v) is 8.31. The molecule has 128 valence electrons. The minimum atomic E-state index is -0.636. The second-order valence-electron chi connectivity index (χ2n) is 5.98. The first-order chi connectivity index (χ1) is 11.4. The van der Waals surface area contributed by atoms with E-state index in [9.17, 15) is 9.90 Å². The van der Waals surface area contributed by atoms with Crippen LogP contribution >= 0.6 is 11.6 Å². The minimum Gasteiger partial charge on any atom is -0.387 e. The number of hydrogen-bond donors (Lipinski definition) is 3. The molecule has 3 atom stereocenters. The maximum absolute atomic E-state index is 11.2. The largest absolute Gasteiger partial charge is 0.387 e. The Kier molecular flexibility index (Phi) is 6.37. The highest BCUT2D eigenvalue weighted by Crippen LogP contribution is 2.23. The van der Waals surface area contributed by atoms with Gasteiger partial charge < -0.3 is 15.7 Å². The zero-order chi connectivity index (χ0) is 17.7. The van der Waals surface area contributed by atoms with Gasteiger partial charge in [-0.05, 0) is 49.2 Å². The fraction of sp³-hybridized carbons (Fsp3) is 0.316. The second kappa shape index (κ2) is 8.29. The molecule has 0 spiro atoms. The topological polar surface area (TPSA) is 61.4 Å². The molecule has 3 N–H and O–H groups in total. The molecule has 0 aliphatic rings. The molecular formula is C19H23ClN2O2. The van der Waals surface area contributed by atoms with Crippen molar-refractivity contribution in [3.63, 3.8) is 0 Å². The highest BCUT2D eigenvalue weighted by molar-refractivity contribution is 6.30. The fourth-order valence-corrected chi connectivity index (χ4v) is 2.75. The van der Waals surface area contributed by atoms with Crippen LogP contribution in [-0.2, 0) is 4.79 Å². The smallest absolute Gasteiger partial charge is 0.221 e. The van der Waals surface area contributed by atoms with E-state index >= 15 is 0 Å². The molecule has 0 radical (unpaired) electrons. The molecule has 0 bridgehead atoms. The lowest BCUT2D eigenvalue weighted by molar-refractivity contribution is -0.114. The Morgan fingerprint density at radius 1 is 1.08 bits per heavy atom. The normalized spacial score (nSPS) is 14.7. The van der Waals surface area contributed by atoms with Gasteiger partial charge >= 0.3 is 0 Å². The van der Waals surface area contributed by atoms with Crippen LogP contribution in [0, 0.1) is 0 Å². The van der Waals surface area contributed by atoms with Crippen molar-refractivity contribution in [2.24, 2.45) is 0 Å². The third kappa shape index (κ3) is 5.06. The summed E-state index contributed by atoms with van der Waals surface area (Å²) in [5.41, 5.74) is 2.62. The highest BCUT2D eigenvalue weighted by Gasteiger charge is 2.19. The summed E-state index contributed by atoms with van der Waals surface area (Å²) in [4.78, 5) is 11.2. The third-order valence-electron chi connectivity index (χ3n) is 3.91. The number of aliphatic hydroxyl groups is 1. The van der Waals surface area contributed by atoms with Crippen LogP contribution in [0.2, 0.25) is 5.02 Å². The number of anilines is 1. The average molecular weight is 347 g/mol. The molecule has 2 aromatic carbocycles. The molecule has 24 heavy (non-hydrogen) atoms. The van der Waals surface area contributed by atoms with E-state index in [4.69, 9.17) is 11.6 Å². The van der Waals surface area contributed by atoms with Gasteiger partial charge in [-0.15, -0.1) is 0 Å². The monoisotopic (exact) mass is 346 g/mol. The standard InChI is InChI=1S/C19H23ClN2O2/c1-12(16-5-4-6-18(11-16)22-14(3)23)21-13(2)19(24)15-7-9-17(20)10-8-15/h4-13,19,21,24H,1-3H3,(H,22,23). The van der Waals surface area contributed by atoms with Crippen LogP contribution in [0.15, 0.2) is 48.5 Å². The summed E-state index contributed by atoms with van der Waals surface area (Å²) in [6, 6.07) is 14.7. The lowest BCUT2D eigenvalue weighted by Gasteiger charge is -2.25. The highest BCUT2D eigenvalue weighted by atomic mass is 35.5. The van der Waals surface area contributed by atoms with Crippen LogP contribution in [-0.4, -0.2) is 17.1 Å². The Morgan fingerprint density at radius 2 is 1.75 bits per heavy atom. The van der Waals surface area contributed by atoms with Gasteiger partial charge in [-0.2, -0.15) is 0 Å². The number of halogens is 1. The predicted molar refractivity (Wildman–Crippen MR) is 98.2 cm³/mol. The molecule has 0 aliphatic carbocycles. The van der Waals surface area contributed by atoms with E-state index in [1.807, 2.05) is 50.2 Å². The van der Waals surface area contributed by atoms with Gasteiger partial charge in [-0.25, -0.2) is 0 Å². The molecule has 1 amide bonds. The number of nitrogens with one attached hydrogen (secondary N) is 2. The van der Waals surface area contributed by atoms with Gasteiger partial charge in [0.2, 0.25) is 5.91 Å². The molecule has 0 aliphatic heterocycles. The predicted octanol–water partition coefficient (Wildman–Crippen LogP) is 4.07. The Morgan fingerprint density at radius 3 is 2.38 bits per heavy atom. The molecule has 0 aromatic heterocycles. The van der Waals surface area contributed by atoms with Gasteiger partial charge in [0.25, 0.3) is 0 Å². The Hall–Kier alpha value is -1.88. The number of benzene rings is 2. The van der Waals surface area contributed by atoms with Crippen LogP contribution in [0.3, 0.4) is 0 Å². The lowest BCUT2D eigenvalue weighted by Crippen LogP contribution is -2.34. The van der Waals surface area contributed by atoms with E-state index in [2.05, 4.69) is 10.6 Å². The van der Waals surface area contributed by atoms with Crippen molar-refractivity contribution < 1.29 is 9.90 Å². The summed E-state index contributed by atoms with van der Waals surface area (Å²) >= 11 is 5.88. The Balaban J connectivity index is 2.04. The zero-order valence-electron chi connectivity index (χ0n) is 14.1. The average Bonchev–Trinajstić information content (AvgIpc) is 2.54. The third-order valence-corrected chi connectivity index (χ3v) is 4.16. The molecule has 2 aromatic rings. The van der Waals surface area contributed by atoms with Crippen LogP contribution in [0.4, 0.5) is 5.69 Å². The van der Waals surface area contributed by atoms with E-state index in [0.717, 1.165) is 16.8 Å². The summed E-state index contributed by atoms with van der Waals surface area (Å²) in [5, 5.41) is 17.3. The minimum absolute atomic E-state index is 0.0238. The molecule has 0 fully saturated rings. The first-order valence-electron chi connectivity index (χ1n) is 7.94. The first kappa shape index (κ1) is 18.5. The van der Waals surface area contributed by atoms with Gasteiger partial charge in [0, 0.05) is 29.7 Å². The van der Waals surface area contributed by atoms with Gasteiger partial charge in [0.1, 0.15) is 0 Å². The van der Waals surface area contributed by atoms with Crippen LogP contribution in [0.25, 0.3) is 0 Å². The van der Waals surface area contributed by atoms with E-state index < -0.39 is 6.10 Å². The molecule has 0 saturated heterocycles. The van der Waals surface area contributed by atoms with Gasteiger partial charge in [-0.1, -0.05) is 35.9 Å². The van der Waals surface area contributed by atoms with Crippen LogP contribution in [0.5, 0.6) is 0 Å². The van der Waals surface area contributed by atoms with Crippen molar-refractivity contribution in [2.75, 3.05) is 5.32 Å². The zero-order valence-corrected chi connectivity index (χ0v) is 14.8. The maximum atomic E-state index is 11.2. The number of amides is 1. The molecule has 2 rings (SSSR count). The maximum Gasteiger partial charge on any atom is 0.221 e. The van der Waals surface area contributed by atoms with Gasteiger partial charge in [-0.3, -0.25) is 4.79 Å². The Bertz CT molecular complexity index is 688. The summed E-state index contributed by atoms with van der Waals surface area (Å²) in [5.74, 6) is -0.0979. The Labute approximate surface area is 147 Å². The molecule has 0 saturated carbocycles. The number of hydrogen-bond acceptors (Lipinski definition) is 3. The van der Waals surface area contributed by atoms with Crippen LogP contribution in [0.1, 0.15) is 44.0 Å². The summed E-state index contributed by atoms with van der Waals surface area (Å²) in [7, 11) is 0. The van der Waals surface area contributed by atoms with Crippen LogP contribution < -0.4 is 10.6 Å². The van der Waals surface area contributed by atoms with Crippen molar-refractivity contribution in [3.8, 4) is 0 Å². The molecule has 5 heteroatoms. The number of aliphatic hydroxyl groups excluding tert-OH is 1. The summed E-state index contributed by atoms with van der Waals surface area (Å²) in [6.45, 7) is 5.45. The lowest BCUT2D eigenvalue weighted by atomic mass is 10.0. The van der Waals surface area contributed by atoms with E-state index in [1.54, 1.807) is 12.1 Å². The van der Waals surface area contributed by atoms with Gasteiger partial charge in [0.15, 0.2) is 0 Å². The second-order valence-corrected chi connectivity index (χ2v) is 6.42. The van der Waals surface area contributed by atoms with E-state index in [-0.39, 0.29) is 18.0 Å². The van der Waals surface area contributed by atoms with Crippen molar-refractivity contribution in [1.29, 1.82) is 0 Å². The molecule has 3 unspecified atom stereocenters. The van der Waals surface area contributed by atoms with Crippen molar-refractivity contribution in [2.45, 2.75) is 39.0 Å². The van der Waals surface area contributed by atoms with E-state index in [0.29, 0.717) is 5.02 Å². The number of carbonyl (C=O) groups excluding carboxylic acids is 1. The summed E-state index contributed by atoms with van der Waals surface area (Å²) in [6.07, 6.45) is -0.636. The molecule has 0 heterocycles. The number of carbonyl (C=O) groups is 1. The van der Waals surface area contributed by atoms with Crippen molar-refractivity contribution in [1.82, 2.24) is 5.32 Å². The summed E-state index contributed by atoms with van der Waals surface area (Å²) < 4.78 is 0. The number of rotatable bonds is 6.